The number of ether oxygens (including phenoxy) is 3. The molecule has 0 saturated heterocycles. The molecule has 6 heteroatoms. The lowest BCUT2D eigenvalue weighted by atomic mass is 10.2. The highest BCUT2D eigenvalue weighted by Crippen LogP contribution is 2.04. The van der Waals surface area contributed by atoms with E-state index in [2.05, 4.69) is 14.3 Å². The number of hydrogen-bond donors (Lipinski definition) is 0. The van der Waals surface area contributed by atoms with Gasteiger partial charge in [-0.05, 0) is 12.5 Å². The molecule has 0 saturated carbocycles. The fourth-order valence-corrected chi connectivity index (χ4v) is 1.18. The van der Waals surface area contributed by atoms with E-state index in [4.69, 9.17) is 11.3 Å². The van der Waals surface area contributed by atoms with E-state index in [-0.39, 0.29) is 13.2 Å². The summed E-state index contributed by atoms with van der Waals surface area (Å²) in [5.74, 6) is -0.908. The van der Waals surface area contributed by atoms with Gasteiger partial charge in [0.05, 0.1) is 6.61 Å². The van der Waals surface area contributed by atoms with Gasteiger partial charge in [0.15, 0.2) is 0 Å². The minimum Gasteiger partial charge on any atom is -0.457 e. The number of benzene rings is 1. The van der Waals surface area contributed by atoms with E-state index in [9.17, 15) is 9.59 Å². The first kappa shape index (κ1) is 14.5. The molecule has 0 spiro atoms. The van der Waals surface area contributed by atoms with E-state index in [1.165, 1.54) is 0 Å². The van der Waals surface area contributed by atoms with Gasteiger partial charge in [0.25, 0.3) is 0 Å². The Hall–Kier alpha value is -2.55. The van der Waals surface area contributed by atoms with Crippen molar-refractivity contribution in [3.63, 3.8) is 0 Å². The second kappa shape index (κ2) is 7.71. The topological polar surface area (TPSA) is 66.2 Å². The van der Waals surface area contributed by atoms with Crippen LogP contribution in [0, 0.1) is 6.57 Å². The van der Waals surface area contributed by atoms with Crippen molar-refractivity contribution in [3.05, 3.63) is 47.3 Å². The van der Waals surface area contributed by atoms with E-state index in [1.54, 1.807) is 31.2 Å². The van der Waals surface area contributed by atoms with Crippen LogP contribution in [-0.4, -0.2) is 25.0 Å². The number of esters is 1. The number of carbonyl (C=O) groups excluding carboxylic acids is 2. The minimum atomic E-state index is -1.62. The first-order chi connectivity index (χ1) is 9.17. The van der Waals surface area contributed by atoms with Crippen molar-refractivity contribution in [1.82, 2.24) is 0 Å². The maximum atomic E-state index is 11.3. The quantitative estimate of drug-likeness (QED) is 0.601. The summed E-state index contributed by atoms with van der Waals surface area (Å²) < 4.78 is 13.9. The van der Waals surface area contributed by atoms with Crippen molar-refractivity contribution in [3.8, 4) is 0 Å². The summed E-state index contributed by atoms with van der Waals surface area (Å²) in [5, 5.41) is 0. The van der Waals surface area contributed by atoms with Gasteiger partial charge in [0.2, 0.25) is 0 Å². The molecule has 1 aromatic carbocycles. The second-order valence-corrected chi connectivity index (χ2v) is 3.38. The van der Waals surface area contributed by atoms with Gasteiger partial charge in [0, 0.05) is 0 Å². The number of nitrogens with zero attached hydrogens (tertiary/aromatic N) is 1. The van der Waals surface area contributed by atoms with Crippen LogP contribution in [0.3, 0.4) is 0 Å². The fourth-order valence-electron chi connectivity index (χ4n) is 1.18. The minimum absolute atomic E-state index is 0.00716. The van der Waals surface area contributed by atoms with Crippen LogP contribution in [0.2, 0.25) is 0 Å². The molecule has 0 aliphatic heterocycles. The Morgan fingerprint density at radius 1 is 1.26 bits per heavy atom. The number of carbonyl (C=O) groups is 2. The van der Waals surface area contributed by atoms with Crippen LogP contribution >= 0.6 is 0 Å². The van der Waals surface area contributed by atoms with E-state index in [0.29, 0.717) is 0 Å². The summed E-state index contributed by atoms with van der Waals surface area (Å²) in [4.78, 5) is 25.4. The van der Waals surface area contributed by atoms with Crippen molar-refractivity contribution in [2.24, 2.45) is 0 Å². The van der Waals surface area contributed by atoms with Crippen LogP contribution in [0.4, 0.5) is 4.79 Å². The molecule has 0 fully saturated rings. The number of hydrogen-bond acceptors (Lipinski definition) is 5. The van der Waals surface area contributed by atoms with E-state index in [1.807, 2.05) is 6.07 Å². The summed E-state index contributed by atoms with van der Waals surface area (Å²) in [6, 6.07) is 8.96. The highest BCUT2D eigenvalue weighted by atomic mass is 16.7. The van der Waals surface area contributed by atoms with Crippen molar-refractivity contribution in [2.75, 3.05) is 6.61 Å². The molecule has 19 heavy (non-hydrogen) atoms. The molecule has 1 rings (SSSR count). The monoisotopic (exact) mass is 263 g/mol. The normalized spacial score (nSPS) is 10.9. The third kappa shape index (κ3) is 5.08. The largest absolute Gasteiger partial charge is 0.514 e. The molecule has 0 radical (unpaired) electrons. The van der Waals surface area contributed by atoms with E-state index < -0.39 is 18.4 Å². The van der Waals surface area contributed by atoms with Crippen LogP contribution in [-0.2, 0) is 25.6 Å². The second-order valence-electron chi connectivity index (χ2n) is 3.38. The summed E-state index contributed by atoms with van der Waals surface area (Å²) in [5.41, 5.74) is 0.773. The third-order valence-corrected chi connectivity index (χ3v) is 2.01. The van der Waals surface area contributed by atoms with Crippen molar-refractivity contribution in [1.29, 1.82) is 0 Å². The average Bonchev–Trinajstić information content (AvgIpc) is 2.44. The van der Waals surface area contributed by atoms with Crippen LogP contribution in [0.15, 0.2) is 30.3 Å². The molecule has 1 atom stereocenters. The zero-order chi connectivity index (χ0) is 14.1. The molecule has 1 aromatic rings. The Labute approximate surface area is 110 Å². The standard InChI is InChI=1S/C13H13NO5/c1-3-17-12(15)11(14-2)19-13(16)18-9-10-7-5-4-6-8-10/h4-8,11H,3,9H2,1H3. The summed E-state index contributed by atoms with van der Waals surface area (Å²) in [7, 11) is 0. The lowest BCUT2D eigenvalue weighted by molar-refractivity contribution is -0.151. The Balaban J connectivity index is 2.42. The predicted octanol–water partition coefficient (Wildman–Crippen LogP) is 2.15. The molecular formula is C13H13NO5. The van der Waals surface area contributed by atoms with Crippen molar-refractivity contribution >= 4 is 12.1 Å². The van der Waals surface area contributed by atoms with Crippen LogP contribution in [0.5, 0.6) is 0 Å². The zero-order valence-corrected chi connectivity index (χ0v) is 10.4. The van der Waals surface area contributed by atoms with Gasteiger partial charge in [-0.1, -0.05) is 30.3 Å². The van der Waals surface area contributed by atoms with Crippen LogP contribution in [0.1, 0.15) is 12.5 Å². The Morgan fingerprint density at radius 3 is 2.53 bits per heavy atom. The van der Waals surface area contributed by atoms with E-state index >= 15 is 0 Å². The first-order valence-electron chi connectivity index (χ1n) is 5.58. The highest BCUT2D eigenvalue weighted by Gasteiger charge is 2.30. The Kier molecular flexibility index (Phi) is 5.89. The molecule has 0 amide bonds. The van der Waals surface area contributed by atoms with E-state index in [0.717, 1.165) is 5.56 Å². The molecular weight excluding hydrogens is 250 g/mol. The van der Waals surface area contributed by atoms with Crippen LogP contribution < -0.4 is 0 Å². The molecule has 0 aliphatic carbocycles. The average molecular weight is 263 g/mol. The molecule has 1 unspecified atom stereocenters. The fraction of sp³-hybridized carbons (Fsp3) is 0.308. The molecule has 100 valence electrons. The molecule has 0 N–H and O–H groups in total. The van der Waals surface area contributed by atoms with Crippen molar-refractivity contribution in [2.45, 2.75) is 19.8 Å². The molecule has 0 aromatic heterocycles. The zero-order valence-electron chi connectivity index (χ0n) is 10.4. The summed E-state index contributed by atoms with van der Waals surface area (Å²) >= 11 is 0. The smallest absolute Gasteiger partial charge is 0.457 e. The highest BCUT2D eigenvalue weighted by molar-refractivity contribution is 5.78. The number of rotatable bonds is 5. The SMILES string of the molecule is [C-]#[N+]C(OC(=O)OCc1ccccc1)C(=O)OCC. The maximum Gasteiger partial charge on any atom is 0.514 e. The Bertz CT molecular complexity index is 466. The van der Waals surface area contributed by atoms with Gasteiger partial charge in [-0.25, -0.2) is 16.2 Å². The van der Waals surface area contributed by atoms with Crippen molar-refractivity contribution < 1.29 is 23.8 Å². The molecule has 0 bridgehead atoms. The van der Waals surface area contributed by atoms with Gasteiger partial charge < -0.3 is 14.2 Å². The van der Waals surface area contributed by atoms with Gasteiger partial charge in [-0.2, -0.15) is 0 Å². The van der Waals surface area contributed by atoms with Gasteiger partial charge >= 0.3 is 18.4 Å². The first-order valence-corrected chi connectivity index (χ1v) is 5.58. The predicted molar refractivity (Wildman–Crippen MR) is 64.7 cm³/mol. The molecule has 0 heterocycles. The molecule has 6 nitrogen and oxygen atoms in total. The lowest BCUT2D eigenvalue weighted by Crippen LogP contribution is -2.26. The summed E-state index contributed by atoms with van der Waals surface area (Å²) in [6.45, 7) is 8.45. The molecule has 0 aliphatic rings. The van der Waals surface area contributed by atoms with Gasteiger partial charge in [-0.15, -0.1) is 0 Å². The van der Waals surface area contributed by atoms with Crippen LogP contribution in [0.25, 0.3) is 4.85 Å². The summed E-state index contributed by atoms with van der Waals surface area (Å²) in [6.07, 6.45) is -2.71. The Morgan fingerprint density at radius 2 is 1.95 bits per heavy atom. The van der Waals surface area contributed by atoms with Gasteiger partial charge in [0.1, 0.15) is 6.61 Å². The lowest BCUT2D eigenvalue weighted by Gasteiger charge is -2.07. The third-order valence-electron chi connectivity index (χ3n) is 2.01. The van der Waals surface area contributed by atoms with Gasteiger partial charge in [-0.3, -0.25) is 4.85 Å². The maximum absolute atomic E-state index is 11.3.